The van der Waals surface area contributed by atoms with Gasteiger partial charge in [-0.1, -0.05) is 48.5 Å². The maximum atomic E-state index is 13.6. The van der Waals surface area contributed by atoms with E-state index in [9.17, 15) is 19.2 Å². The van der Waals surface area contributed by atoms with E-state index >= 15 is 0 Å². The lowest BCUT2D eigenvalue weighted by atomic mass is 10.2. The fourth-order valence-electron chi connectivity index (χ4n) is 6.80. The van der Waals surface area contributed by atoms with Gasteiger partial charge in [0, 0.05) is 0 Å². The zero-order chi connectivity index (χ0) is 28.0. The SMILES string of the molecule is C[C@H]1n2c(=O)c3ccccc3c(=O)n2[C@H](C)P1c1ccccc1P1[C@@H](C)n2c(=O)c3ccccc3c(=O)n2[C@@H]1C. The number of aromatic nitrogens is 4. The molecule has 0 radical (unpaired) electrons. The lowest BCUT2D eigenvalue weighted by Gasteiger charge is -2.28. The first kappa shape index (κ1) is 25.4. The molecule has 0 bridgehead atoms. The normalized spacial score (nSPS) is 22.7. The quantitative estimate of drug-likeness (QED) is 0.295. The standard InChI is InChI=1S/C30H28N4O4P2/c1-17-31-27(35)21-11-5-6-12-22(21)28(36)32(31)18(2)39(17)25-15-9-10-16-26(25)40-19(3)33-29(37)23-13-7-8-14-24(23)30(38)34(33)20(40)4/h5-20H,1-4H3/t17-,18-,19-,20-/m0/s1. The van der Waals surface area contributed by atoms with E-state index in [1.165, 1.54) is 0 Å². The third-order valence-corrected chi connectivity index (χ3v) is 14.7. The highest BCUT2D eigenvalue weighted by molar-refractivity contribution is 7.72. The van der Waals surface area contributed by atoms with Crippen molar-refractivity contribution in [2.45, 2.75) is 50.8 Å². The number of fused-ring (bicyclic) bond motifs is 4. The van der Waals surface area contributed by atoms with E-state index in [2.05, 4.69) is 12.1 Å². The van der Waals surface area contributed by atoms with Gasteiger partial charge in [-0.05, 0) is 78.4 Å². The average molecular weight is 571 g/mol. The highest BCUT2D eigenvalue weighted by Gasteiger charge is 2.44. The first-order chi connectivity index (χ1) is 19.2. The van der Waals surface area contributed by atoms with Crippen molar-refractivity contribution in [3.05, 3.63) is 114 Å². The minimum Gasteiger partial charge on any atom is -0.267 e. The second kappa shape index (κ2) is 8.95. The minimum atomic E-state index is -1.01. The summed E-state index contributed by atoms with van der Waals surface area (Å²) >= 11 is 0. The lowest BCUT2D eigenvalue weighted by Crippen LogP contribution is -2.36. The third-order valence-electron chi connectivity index (χ3n) is 8.54. The van der Waals surface area contributed by atoms with Crippen LogP contribution in [0, 0.1) is 0 Å². The summed E-state index contributed by atoms with van der Waals surface area (Å²) in [5.74, 6) is -0.798. The van der Waals surface area contributed by atoms with Gasteiger partial charge in [0.05, 0.1) is 44.7 Å². The summed E-state index contributed by atoms with van der Waals surface area (Å²) in [6.45, 7) is 8.12. The van der Waals surface area contributed by atoms with Gasteiger partial charge in [0.1, 0.15) is 0 Å². The maximum absolute atomic E-state index is 13.6. The molecule has 4 heterocycles. The molecule has 4 atom stereocenters. The Labute approximate surface area is 231 Å². The first-order valence-electron chi connectivity index (χ1n) is 13.4. The van der Waals surface area contributed by atoms with Crippen molar-refractivity contribution in [3.8, 4) is 0 Å². The predicted octanol–water partition coefficient (Wildman–Crippen LogP) is 4.36. The molecule has 0 saturated carbocycles. The molecule has 2 aliphatic rings. The third kappa shape index (κ3) is 3.21. The van der Waals surface area contributed by atoms with Gasteiger partial charge in [-0.2, -0.15) is 0 Å². The predicted molar refractivity (Wildman–Crippen MR) is 163 cm³/mol. The zero-order valence-corrected chi connectivity index (χ0v) is 24.3. The molecule has 2 aromatic heterocycles. The monoisotopic (exact) mass is 570 g/mol. The molecule has 0 aliphatic carbocycles. The van der Waals surface area contributed by atoms with Crippen LogP contribution < -0.4 is 32.8 Å². The number of hydrogen-bond donors (Lipinski definition) is 0. The molecule has 10 heteroatoms. The topological polar surface area (TPSA) is 88.0 Å². The molecule has 3 aromatic carbocycles. The molecule has 0 amide bonds. The Balaban J connectivity index is 1.41. The van der Waals surface area contributed by atoms with E-state index in [1.807, 2.05) is 39.8 Å². The molecule has 5 aromatic rings. The Morgan fingerprint density at radius 2 is 0.650 bits per heavy atom. The fourth-order valence-corrected chi connectivity index (χ4v) is 13.4. The first-order valence-corrected chi connectivity index (χ1v) is 16.4. The van der Waals surface area contributed by atoms with Crippen LogP contribution >= 0.6 is 15.8 Å². The second-order valence-electron chi connectivity index (χ2n) is 10.5. The Kier molecular flexibility index (Phi) is 5.68. The van der Waals surface area contributed by atoms with Gasteiger partial charge >= 0.3 is 0 Å². The number of nitrogens with zero attached hydrogens (tertiary/aromatic N) is 4. The summed E-state index contributed by atoms with van der Waals surface area (Å²) in [6, 6.07) is 22.3. The molecule has 7 rings (SSSR count). The van der Waals surface area contributed by atoms with Gasteiger partial charge in [-0.3, -0.25) is 19.2 Å². The highest BCUT2D eigenvalue weighted by Crippen LogP contribution is 2.64. The van der Waals surface area contributed by atoms with Crippen LogP contribution in [-0.2, 0) is 0 Å². The summed E-state index contributed by atoms with van der Waals surface area (Å²) in [4.78, 5) is 54.5. The zero-order valence-electron chi connectivity index (χ0n) is 22.6. The summed E-state index contributed by atoms with van der Waals surface area (Å²) in [5.41, 5.74) is -0.602. The minimum absolute atomic E-state index is 0.150. The van der Waals surface area contributed by atoms with Crippen LogP contribution in [0.4, 0.5) is 0 Å². The molecule has 2 aliphatic heterocycles. The van der Waals surface area contributed by atoms with E-state index in [0.29, 0.717) is 21.5 Å². The Hall–Kier alpha value is -3.60. The van der Waals surface area contributed by atoms with E-state index < -0.39 is 15.8 Å². The Morgan fingerprint density at radius 3 is 0.900 bits per heavy atom. The van der Waals surface area contributed by atoms with Gasteiger partial charge in [0.15, 0.2) is 0 Å². The molecule has 0 fully saturated rings. The summed E-state index contributed by atoms with van der Waals surface area (Å²) in [5, 5.41) is 4.01. The molecular formula is C30H28N4O4P2. The van der Waals surface area contributed by atoms with Gasteiger partial charge in [-0.25, -0.2) is 18.7 Å². The van der Waals surface area contributed by atoms with Crippen molar-refractivity contribution < 1.29 is 0 Å². The van der Waals surface area contributed by atoms with Gasteiger partial charge < -0.3 is 0 Å². The van der Waals surface area contributed by atoms with Crippen LogP contribution in [0.25, 0.3) is 21.5 Å². The molecule has 8 nitrogen and oxygen atoms in total. The fraction of sp³-hybridized carbons (Fsp3) is 0.267. The van der Waals surface area contributed by atoms with E-state index in [-0.39, 0.29) is 45.4 Å². The lowest BCUT2D eigenvalue weighted by molar-refractivity contribution is 0.471. The van der Waals surface area contributed by atoms with Crippen LogP contribution in [0.5, 0.6) is 0 Å². The number of hydrogen-bond acceptors (Lipinski definition) is 4. The van der Waals surface area contributed by atoms with Crippen LogP contribution in [0.2, 0.25) is 0 Å². The van der Waals surface area contributed by atoms with Crippen LogP contribution in [0.3, 0.4) is 0 Å². The van der Waals surface area contributed by atoms with Crippen molar-refractivity contribution in [2.24, 2.45) is 0 Å². The Bertz CT molecular complexity index is 1840. The molecule has 0 N–H and O–H groups in total. The van der Waals surface area contributed by atoms with Crippen molar-refractivity contribution in [3.63, 3.8) is 0 Å². The van der Waals surface area contributed by atoms with Gasteiger partial charge in [0.25, 0.3) is 22.2 Å². The molecule has 0 saturated heterocycles. The summed E-state index contributed by atoms with van der Waals surface area (Å²) in [7, 11) is -2.03. The van der Waals surface area contributed by atoms with Crippen LogP contribution in [-0.4, -0.2) is 18.7 Å². The largest absolute Gasteiger partial charge is 0.273 e. The molecule has 40 heavy (non-hydrogen) atoms. The smallest absolute Gasteiger partial charge is 0.267 e. The molecule has 0 spiro atoms. The van der Waals surface area contributed by atoms with Gasteiger partial charge in [-0.15, -0.1) is 0 Å². The average Bonchev–Trinajstić information content (AvgIpc) is 3.39. The van der Waals surface area contributed by atoms with Crippen molar-refractivity contribution in [1.29, 1.82) is 0 Å². The Morgan fingerprint density at radius 1 is 0.425 bits per heavy atom. The summed E-state index contributed by atoms with van der Waals surface area (Å²) in [6.07, 6.45) is 0. The van der Waals surface area contributed by atoms with Gasteiger partial charge in [0.2, 0.25) is 0 Å². The van der Waals surface area contributed by atoms with Crippen molar-refractivity contribution in [1.82, 2.24) is 18.7 Å². The molecule has 0 unspecified atom stereocenters. The van der Waals surface area contributed by atoms with E-state index in [4.69, 9.17) is 0 Å². The van der Waals surface area contributed by atoms with Crippen LogP contribution in [0.1, 0.15) is 50.8 Å². The maximum Gasteiger partial charge on any atom is 0.273 e. The summed E-state index contributed by atoms with van der Waals surface area (Å²) < 4.78 is 6.62. The van der Waals surface area contributed by atoms with Crippen molar-refractivity contribution >= 4 is 48.0 Å². The number of rotatable bonds is 2. The van der Waals surface area contributed by atoms with E-state index in [0.717, 1.165) is 10.6 Å². The van der Waals surface area contributed by atoms with Crippen molar-refractivity contribution in [2.75, 3.05) is 0 Å². The van der Waals surface area contributed by atoms with E-state index in [1.54, 1.807) is 67.3 Å². The highest BCUT2D eigenvalue weighted by atomic mass is 31.1. The second-order valence-corrected chi connectivity index (χ2v) is 16.1. The molecular weight excluding hydrogens is 542 g/mol. The van der Waals surface area contributed by atoms with Crippen LogP contribution in [0.15, 0.2) is 92.0 Å². The number of benzene rings is 3. The molecule has 202 valence electrons.